The summed E-state index contributed by atoms with van der Waals surface area (Å²) in [7, 11) is 0. The van der Waals surface area contributed by atoms with Crippen LogP contribution in [0.2, 0.25) is 5.02 Å². The Hall–Kier alpha value is -0.730. The number of rotatable bonds is 1. The van der Waals surface area contributed by atoms with Gasteiger partial charge in [0.2, 0.25) is 0 Å². The first kappa shape index (κ1) is 11.7. The van der Waals surface area contributed by atoms with Gasteiger partial charge in [0, 0.05) is 35.9 Å². The molecule has 0 aliphatic carbocycles. The molecule has 1 aromatic rings. The molecule has 0 radical (unpaired) electrons. The Morgan fingerprint density at radius 3 is 2.50 bits per heavy atom. The van der Waals surface area contributed by atoms with E-state index in [0.29, 0.717) is 12.1 Å². The van der Waals surface area contributed by atoms with Crippen LogP contribution >= 0.6 is 11.6 Å². The third-order valence-corrected chi connectivity index (χ3v) is 3.30. The van der Waals surface area contributed by atoms with Gasteiger partial charge in [0.05, 0.1) is 0 Å². The Morgan fingerprint density at radius 2 is 1.88 bits per heavy atom. The Balaban J connectivity index is 2.25. The zero-order chi connectivity index (χ0) is 11.7. The summed E-state index contributed by atoms with van der Waals surface area (Å²) < 4.78 is 0. The molecule has 1 N–H and O–H groups in total. The van der Waals surface area contributed by atoms with Gasteiger partial charge in [0.15, 0.2) is 0 Å². The molecular formula is C13H19ClN2. The lowest BCUT2D eigenvalue weighted by Gasteiger charge is -2.38. The zero-order valence-corrected chi connectivity index (χ0v) is 10.9. The maximum atomic E-state index is 6.07. The smallest absolute Gasteiger partial charge is 0.0426 e. The van der Waals surface area contributed by atoms with Crippen LogP contribution in [0.5, 0.6) is 0 Å². The highest BCUT2D eigenvalue weighted by atomic mass is 35.5. The van der Waals surface area contributed by atoms with Gasteiger partial charge in [-0.2, -0.15) is 0 Å². The van der Waals surface area contributed by atoms with Crippen LogP contribution in [-0.4, -0.2) is 25.2 Å². The molecule has 2 rings (SSSR count). The van der Waals surface area contributed by atoms with Crippen molar-refractivity contribution in [3.05, 3.63) is 28.8 Å². The molecule has 1 aromatic carbocycles. The summed E-state index contributed by atoms with van der Waals surface area (Å²) in [5.41, 5.74) is 2.57. The van der Waals surface area contributed by atoms with Crippen LogP contribution in [-0.2, 0) is 0 Å². The van der Waals surface area contributed by atoms with Gasteiger partial charge in [-0.15, -0.1) is 0 Å². The number of piperazine rings is 1. The van der Waals surface area contributed by atoms with Crippen molar-refractivity contribution in [1.29, 1.82) is 0 Å². The van der Waals surface area contributed by atoms with E-state index in [1.54, 1.807) is 0 Å². The molecule has 0 spiro atoms. The normalized spacial score (nSPS) is 25.9. The maximum absolute atomic E-state index is 6.07. The number of aryl methyl sites for hydroxylation is 1. The summed E-state index contributed by atoms with van der Waals surface area (Å²) in [6.07, 6.45) is 0. The summed E-state index contributed by atoms with van der Waals surface area (Å²) in [6, 6.07) is 7.18. The average Bonchev–Trinajstić information content (AvgIpc) is 2.20. The van der Waals surface area contributed by atoms with Crippen LogP contribution in [0.1, 0.15) is 19.4 Å². The first-order valence-corrected chi connectivity index (χ1v) is 6.21. The molecule has 1 aliphatic heterocycles. The SMILES string of the molecule is Cc1ccc(Cl)cc1N1CC(C)NC(C)C1. The van der Waals surface area contributed by atoms with Gasteiger partial charge >= 0.3 is 0 Å². The van der Waals surface area contributed by atoms with Gasteiger partial charge < -0.3 is 10.2 Å². The van der Waals surface area contributed by atoms with Gasteiger partial charge in [-0.1, -0.05) is 17.7 Å². The van der Waals surface area contributed by atoms with E-state index in [2.05, 4.69) is 43.1 Å². The second kappa shape index (κ2) is 4.64. The molecule has 2 atom stereocenters. The fourth-order valence-corrected chi connectivity index (χ4v) is 2.61. The summed E-state index contributed by atoms with van der Waals surface area (Å²) in [4.78, 5) is 2.42. The van der Waals surface area contributed by atoms with Gasteiger partial charge in [0.1, 0.15) is 0 Å². The highest BCUT2D eigenvalue weighted by Crippen LogP contribution is 2.25. The average molecular weight is 239 g/mol. The Bertz CT molecular complexity index is 368. The summed E-state index contributed by atoms with van der Waals surface area (Å²) in [5.74, 6) is 0. The molecule has 0 bridgehead atoms. The predicted molar refractivity (Wildman–Crippen MR) is 70.5 cm³/mol. The molecule has 1 saturated heterocycles. The number of halogens is 1. The van der Waals surface area contributed by atoms with Crippen LogP contribution < -0.4 is 10.2 Å². The van der Waals surface area contributed by atoms with E-state index in [-0.39, 0.29) is 0 Å². The van der Waals surface area contributed by atoms with Crippen molar-refractivity contribution in [2.24, 2.45) is 0 Å². The minimum absolute atomic E-state index is 0.530. The van der Waals surface area contributed by atoms with Crippen molar-refractivity contribution in [2.75, 3.05) is 18.0 Å². The Kier molecular flexibility index (Phi) is 3.41. The lowest BCUT2D eigenvalue weighted by Crippen LogP contribution is -2.54. The highest BCUT2D eigenvalue weighted by molar-refractivity contribution is 6.30. The lowest BCUT2D eigenvalue weighted by molar-refractivity contribution is 0.406. The van der Waals surface area contributed by atoms with Crippen molar-refractivity contribution in [2.45, 2.75) is 32.9 Å². The number of benzene rings is 1. The van der Waals surface area contributed by atoms with Gasteiger partial charge in [-0.3, -0.25) is 0 Å². The first-order chi connectivity index (χ1) is 7.56. The summed E-state index contributed by atoms with van der Waals surface area (Å²) in [5, 5.41) is 4.36. The Labute approximate surface area is 103 Å². The van der Waals surface area contributed by atoms with Crippen LogP contribution in [0.25, 0.3) is 0 Å². The molecule has 0 saturated carbocycles. The second-order valence-electron chi connectivity index (χ2n) is 4.80. The molecule has 1 aliphatic rings. The van der Waals surface area contributed by atoms with E-state index in [4.69, 9.17) is 11.6 Å². The zero-order valence-electron chi connectivity index (χ0n) is 10.1. The first-order valence-electron chi connectivity index (χ1n) is 5.83. The van der Waals surface area contributed by atoms with E-state index in [1.807, 2.05) is 6.07 Å². The van der Waals surface area contributed by atoms with Crippen molar-refractivity contribution in [3.63, 3.8) is 0 Å². The van der Waals surface area contributed by atoms with Crippen molar-refractivity contribution in [3.8, 4) is 0 Å². The minimum Gasteiger partial charge on any atom is -0.368 e. The third kappa shape index (κ3) is 2.50. The minimum atomic E-state index is 0.530. The molecule has 0 amide bonds. The molecule has 0 aromatic heterocycles. The van der Waals surface area contributed by atoms with Crippen LogP contribution in [0, 0.1) is 6.92 Å². The number of nitrogens with zero attached hydrogens (tertiary/aromatic N) is 1. The van der Waals surface area contributed by atoms with Gasteiger partial charge in [-0.05, 0) is 38.5 Å². The van der Waals surface area contributed by atoms with E-state index in [9.17, 15) is 0 Å². The van der Waals surface area contributed by atoms with E-state index >= 15 is 0 Å². The third-order valence-electron chi connectivity index (χ3n) is 3.07. The molecule has 2 nitrogen and oxygen atoms in total. The van der Waals surface area contributed by atoms with Crippen molar-refractivity contribution in [1.82, 2.24) is 5.32 Å². The molecule has 16 heavy (non-hydrogen) atoms. The Morgan fingerprint density at radius 1 is 1.25 bits per heavy atom. The van der Waals surface area contributed by atoms with E-state index in [0.717, 1.165) is 18.1 Å². The van der Waals surface area contributed by atoms with Crippen molar-refractivity contribution < 1.29 is 0 Å². The second-order valence-corrected chi connectivity index (χ2v) is 5.24. The van der Waals surface area contributed by atoms with Crippen LogP contribution in [0.3, 0.4) is 0 Å². The van der Waals surface area contributed by atoms with Crippen LogP contribution in [0.15, 0.2) is 18.2 Å². The fourth-order valence-electron chi connectivity index (χ4n) is 2.45. The predicted octanol–water partition coefficient (Wildman–Crippen LogP) is 2.84. The topological polar surface area (TPSA) is 15.3 Å². The maximum Gasteiger partial charge on any atom is 0.0426 e. The summed E-state index contributed by atoms with van der Waals surface area (Å²) in [6.45, 7) is 8.69. The van der Waals surface area contributed by atoms with Crippen molar-refractivity contribution >= 4 is 17.3 Å². The summed E-state index contributed by atoms with van der Waals surface area (Å²) >= 11 is 6.07. The highest BCUT2D eigenvalue weighted by Gasteiger charge is 2.22. The largest absolute Gasteiger partial charge is 0.368 e. The lowest BCUT2D eigenvalue weighted by atomic mass is 10.1. The molecule has 88 valence electrons. The van der Waals surface area contributed by atoms with E-state index in [1.165, 1.54) is 11.3 Å². The molecule has 3 heteroatoms. The molecule has 1 heterocycles. The van der Waals surface area contributed by atoms with Gasteiger partial charge in [-0.25, -0.2) is 0 Å². The molecule has 2 unspecified atom stereocenters. The molecule has 1 fully saturated rings. The fraction of sp³-hybridized carbons (Fsp3) is 0.538. The van der Waals surface area contributed by atoms with Gasteiger partial charge in [0.25, 0.3) is 0 Å². The molecular weight excluding hydrogens is 220 g/mol. The van der Waals surface area contributed by atoms with E-state index < -0.39 is 0 Å². The number of hydrogen-bond donors (Lipinski definition) is 1. The number of hydrogen-bond acceptors (Lipinski definition) is 2. The monoisotopic (exact) mass is 238 g/mol. The quantitative estimate of drug-likeness (QED) is 0.810. The standard InChI is InChI=1S/C13H19ClN2/c1-9-4-5-12(14)6-13(9)16-7-10(2)15-11(3)8-16/h4-6,10-11,15H,7-8H2,1-3H3. The number of anilines is 1. The number of nitrogens with one attached hydrogen (secondary N) is 1. The van der Waals surface area contributed by atoms with Crippen LogP contribution in [0.4, 0.5) is 5.69 Å².